The number of likely N-dealkylation sites (tertiary alicyclic amines) is 1. The van der Waals surface area contributed by atoms with Crippen molar-refractivity contribution in [3.05, 3.63) is 41.3 Å². The number of methoxy groups -OCH3 is 1. The lowest BCUT2D eigenvalue weighted by atomic mass is 10.1. The number of hydrogen-bond donors (Lipinski definition) is 2. The van der Waals surface area contributed by atoms with Crippen LogP contribution in [0.4, 0.5) is 0 Å². The number of ether oxygens (including phenoxy) is 2. The van der Waals surface area contributed by atoms with Crippen LogP contribution in [0.25, 0.3) is 0 Å². The zero-order valence-electron chi connectivity index (χ0n) is 15.7. The summed E-state index contributed by atoms with van der Waals surface area (Å²) >= 11 is 9.14. The van der Waals surface area contributed by atoms with Crippen molar-refractivity contribution >= 4 is 62.7 Å². The van der Waals surface area contributed by atoms with Crippen molar-refractivity contribution in [2.24, 2.45) is 0 Å². The Morgan fingerprint density at radius 1 is 1.37 bits per heavy atom. The second kappa shape index (κ2) is 11.2. The fourth-order valence-electron chi connectivity index (χ4n) is 2.60. The zero-order valence-corrected chi connectivity index (χ0v) is 18.8. The quantitative estimate of drug-likeness (QED) is 0.119. The number of alkyl halides is 2. The average Bonchev–Trinajstić information content (AvgIpc) is 2.78. The van der Waals surface area contributed by atoms with E-state index in [-0.39, 0.29) is 17.8 Å². The summed E-state index contributed by atoms with van der Waals surface area (Å²) in [7, 11) is 1.52. The van der Waals surface area contributed by atoms with Crippen LogP contribution in [0, 0.1) is 0 Å². The molecule has 0 radical (unpaired) electrons. The van der Waals surface area contributed by atoms with Crippen molar-refractivity contribution in [1.82, 2.24) is 10.2 Å². The molecule has 1 heterocycles. The van der Waals surface area contributed by atoms with E-state index in [0.717, 1.165) is 4.90 Å². The van der Waals surface area contributed by atoms with E-state index in [9.17, 15) is 24.3 Å². The number of nitrogens with one attached hydrogen (secondary N) is 1. The van der Waals surface area contributed by atoms with Crippen LogP contribution in [0.15, 0.2) is 35.7 Å². The van der Waals surface area contributed by atoms with E-state index in [1.165, 1.54) is 7.11 Å². The van der Waals surface area contributed by atoms with E-state index in [1.807, 2.05) is 0 Å². The first kappa shape index (κ1) is 24.0. The first-order chi connectivity index (χ1) is 14.4. The SMILES string of the molecule is COc1ccc(COC(=O)/C(=C(\O)CBr)N2C(=O)C(NC(=O)CCl)C2SC=O)cc1. The molecule has 9 nitrogen and oxygen atoms in total. The van der Waals surface area contributed by atoms with Gasteiger partial charge in [0.05, 0.1) is 12.4 Å². The van der Waals surface area contributed by atoms with Gasteiger partial charge in [-0.15, -0.1) is 11.6 Å². The van der Waals surface area contributed by atoms with E-state index in [2.05, 4.69) is 21.2 Å². The van der Waals surface area contributed by atoms with E-state index in [0.29, 0.717) is 28.7 Å². The molecule has 0 spiro atoms. The lowest BCUT2D eigenvalue weighted by Gasteiger charge is -2.45. The molecule has 1 aliphatic rings. The van der Waals surface area contributed by atoms with Crippen LogP contribution in [0.1, 0.15) is 5.56 Å². The summed E-state index contributed by atoms with van der Waals surface area (Å²) in [6.07, 6.45) is 0. The molecule has 0 saturated carbocycles. The Hall–Kier alpha value is -2.24. The van der Waals surface area contributed by atoms with Gasteiger partial charge in [0.2, 0.25) is 5.91 Å². The van der Waals surface area contributed by atoms with Crippen LogP contribution < -0.4 is 10.1 Å². The molecule has 2 amide bonds. The lowest BCUT2D eigenvalue weighted by Crippen LogP contribution is -2.69. The molecule has 30 heavy (non-hydrogen) atoms. The Morgan fingerprint density at radius 3 is 2.57 bits per heavy atom. The highest BCUT2D eigenvalue weighted by Crippen LogP contribution is 2.34. The van der Waals surface area contributed by atoms with Gasteiger partial charge >= 0.3 is 5.97 Å². The zero-order chi connectivity index (χ0) is 22.3. The summed E-state index contributed by atoms with van der Waals surface area (Å²) in [6.45, 7) is -0.123. The molecule has 12 heteroatoms. The molecule has 2 N–H and O–H groups in total. The molecular formula is C18H18BrClN2O7S. The van der Waals surface area contributed by atoms with Crippen molar-refractivity contribution in [2.75, 3.05) is 18.3 Å². The summed E-state index contributed by atoms with van der Waals surface area (Å²) in [5, 5.41) is 11.5. The monoisotopic (exact) mass is 520 g/mol. The minimum atomic E-state index is -1.07. The minimum absolute atomic E-state index is 0.123. The maximum absolute atomic E-state index is 12.7. The Bertz CT molecular complexity index is 849. The maximum Gasteiger partial charge on any atom is 0.358 e. The number of esters is 1. The van der Waals surface area contributed by atoms with Crippen LogP contribution in [-0.4, -0.2) is 63.1 Å². The molecule has 1 aromatic rings. The van der Waals surface area contributed by atoms with Crippen LogP contribution in [0.3, 0.4) is 0 Å². The molecule has 0 bridgehead atoms. The predicted molar refractivity (Wildman–Crippen MR) is 114 cm³/mol. The maximum atomic E-state index is 12.7. The van der Waals surface area contributed by atoms with Crippen molar-refractivity contribution < 1.29 is 33.8 Å². The predicted octanol–water partition coefficient (Wildman–Crippen LogP) is 1.72. The molecular weight excluding hydrogens is 504 g/mol. The summed E-state index contributed by atoms with van der Waals surface area (Å²) in [5.41, 5.74) is 0.707. The molecule has 0 aromatic heterocycles. The normalized spacial score (nSPS) is 18.8. The molecule has 1 aromatic carbocycles. The first-order valence-electron chi connectivity index (χ1n) is 8.43. The minimum Gasteiger partial charge on any atom is -0.509 e. The van der Waals surface area contributed by atoms with Gasteiger partial charge in [-0.05, 0) is 17.7 Å². The van der Waals surface area contributed by atoms with Gasteiger partial charge in [0, 0.05) is 0 Å². The van der Waals surface area contributed by atoms with Crippen LogP contribution >= 0.6 is 39.3 Å². The molecule has 2 rings (SSSR count). The number of aliphatic hydroxyl groups is 1. The number of thioether (sulfide) groups is 1. The number of halogens is 2. The molecule has 162 valence electrons. The third-order valence-corrected chi connectivity index (χ3v) is 5.69. The highest BCUT2D eigenvalue weighted by molar-refractivity contribution is 9.09. The van der Waals surface area contributed by atoms with Crippen molar-refractivity contribution in [2.45, 2.75) is 18.0 Å². The Balaban J connectivity index is 2.19. The smallest absolute Gasteiger partial charge is 0.358 e. The molecule has 1 fully saturated rings. The van der Waals surface area contributed by atoms with Crippen molar-refractivity contribution in [1.29, 1.82) is 0 Å². The number of nitrogens with zero attached hydrogens (tertiary/aromatic N) is 1. The second-order valence-corrected chi connectivity index (χ2v) is 7.64. The summed E-state index contributed by atoms with van der Waals surface area (Å²) in [4.78, 5) is 48.7. The van der Waals surface area contributed by atoms with Crippen LogP contribution in [0.2, 0.25) is 0 Å². The molecule has 2 unspecified atom stereocenters. The largest absolute Gasteiger partial charge is 0.509 e. The topological polar surface area (TPSA) is 122 Å². The summed E-state index contributed by atoms with van der Waals surface area (Å²) < 4.78 is 10.3. The number of carbonyl (C=O) groups excluding carboxylic acids is 4. The second-order valence-electron chi connectivity index (χ2n) is 5.86. The third-order valence-electron chi connectivity index (χ3n) is 4.04. The highest BCUT2D eigenvalue weighted by Gasteiger charge is 2.52. The standard InChI is InChI=1S/C18H18BrClN2O7S/c1-28-11-4-2-10(3-5-11)8-29-18(27)15(12(24)6-19)22-16(26)14(17(22)30-9-23)21-13(25)7-20/h2-5,9,14,17,24H,6-8H2,1H3,(H,21,25)/b15-12+. The van der Waals surface area contributed by atoms with Gasteiger partial charge in [-0.1, -0.05) is 39.8 Å². The van der Waals surface area contributed by atoms with E-state index in [4.69, 9.17) is 21.1 Å². The third kappa shape index (κ3) is 5.46. The number of allylic oxidation sites excluding steroid dienone is 1. The van der Waals surface area contributed by atoms with E-state index in [1.54, 1.807) is 24.3 Å². The van der Waals surface area contributed by atoms with Crippen molar-refractivity contribution in [3.8, 4) is 5.75 Å². The molecule has 1 saturated heterocycles. The van der Waals surface area contributed by atoms with Gasteiger partial charge in [-0.25, -0.2) is 4.79 Å². The van der Waals surface area contributed by atoms with Gasteiger partial charge in [0.15, 0.2) is 11.3 Å². The van der Waals surface area contributed by atoms with Gasteiger partial charge < -0.3 is 19.9 Å². The Morgan fingerprint density at radius 2 is 2.03 bits per heavy atom. The number of carbonyl (C=O) groups is 4. The fraction of sp³-hybridized carbons (Fsp3) is 0.333. The molecule has 0 aliphatic carbocycles. The molecule has 2 atom stereocenters. The fourth-order valence-corrected chi connectivity index (χ4v) is 3.73. The van der Waals surface area contributed by atoms with Crippen LogP contribution in [0.5, 0.6) is 5.75 Å². The Kier molecular flexibility index (Phi) is 9.00. The van der Waals surface area contributed by atoms with Gasteiger partial charge in [-0.2, -0.15) is 0 Å². The van der Waals surface area contributed by atoms with E-state index >= 15 is 0 Å². The van der Waals surface area contributed by atoms with Gasteiger partial charge in [0.1, 0.15) is 35.4 Å². The highest BCUT2D eigenvalue weighted by atomic mass is 79.9. The Labute approximate surface area is 189 Å². The number of aliphatic hydroxyl groups excluding tert-OH is 1. The molecule has 1 aliphatic heterocycles. The number of amides is 2. The number of benzene rings is 1. The lowest BCUT2D eigenvalue weighted by molar-refractivity contribution is -0.153. The summed E-state index contributed by atoms with van der Waals surface area (Å²) in [5.74, 6) is -2.45. The van der Waals surface area contributed by atoms with Gasteiger partial charge in [-0.3, -0.25) is 19.3 Å². The van der Waals surface area contributed by atoms with Crippen LogP contribution in [-0.2, 0) is 30.5 Å². The summed E-state index contributed by atoms with van der Waals surface area (Å²) in [6, 6.07) is 5.69. The average molecular weight is 522 g/mol. The van der Waals surface area contributed by atoms with E-state index < -0.39 is 40.7 Å². The van der Waals surface area contributed by atoms with Gasteiger partial charge in [0.25, 0.3) is 5.91 Å². The first-order valence-corrected chi connectivity index (χ1v) is 11.0. The number of hydrogen-bond acceptors (Lipinski definition) is 8. The number of rotatable bonds is 10. The number of β-lactam (4-membered cyclic amide) rings is 1. The van der Waals surface area contributed by atoms with Crippen molar-refractivity contribution in [3.63, 3.8) is 0 Å².